The van der Waals surface area contributed by atoms with Gasteiger partial charge in [-0.2, -0.15) is 0 Å². The van der Waals surface area contributed by atoms with Crippen molar-refractivity contribution in [3.8, 4) is 0 Å². The molecule has 0 spiro atoms. The number of hydrogen-bond donors (Lipinski definition) is 1. The number of pyridine rings is 1. The summed E-state index contributed by atoms with van der Waals surface area (Å²) in [6.07, 6.45) is 0.506. The summed E-state index contributed by atoms with van der Waals surface area (Å²) in [6, 6.07) is 6.78. The fourth-order valence-electron chi connectivity index (χ4n) is 2.01. The van der Waals surface area contributed by atoms with Gasteiger partial charge >= 0.3 is 0 Å². The van der Waals surface area contributed by atoms with Crippen molar-refractivity contribution in [3.63, 3.8) is 0 Å². The molecule has 0 radical (unpaired) electrons. The normalized spacial score (nSPS) is 12.5. The minimum absolute atomic E-state index is 0.278. The number of aryl methyl sites for hydroxylation is 2. The van der Waals surface area contributed by atoms with E-state index in [4.69, 9.17) is 0 Å². The lowest BCUT2D eigenvalue weighted by atomic mass is 9.98. The lowest BCUT2D eigenvalue weighted by Gasteiger charge is -2.16. The monoisotopic (exact) mass is 309 g/mol. The number of aliphatic hydroxyl groups is 1. The summed E-state index contributed by atoms with van der Waals surface area (Å²) in [7, 11) is 0. The van der Waals surface area contributed by atoms with Gasteiger partial charge in [-0.1, -0.05) is 6.07 Å². The first-order valence-electron chi connectivity index (χ1n) is 5.56. The second kappa shape index (κ2) is 5.16. The van der Waals surface area contributed by atoms with Crippen LogP contribution < -0.4 is 0 Å². The average Bonchev–Trinajstić information content (AvgIpc) is 2.27. The highest BCUT2D eigenvalue weighted by molar-refractivity contribution is 9.10. The summed E-state index contributed by atoms with van der Waals surface area (Å²) in [4.78, 5) is 4.10. The number of hydrogen-bond acceptors (Lipinski definition) is 2. The Bertz CT molecular complexity index is 563. The summed E-state index contributed by atoms with van der Waals surface area (Å²) in [5.41, 5.74) is 2.25. The molecule has 1 unspecified atom stereocenters. The van der Waals surface area contributed by atoms with Crippen molar-refractivity contribution in [1.82, 2.24) is 4.98 Å². The molecule has 4 heteroatoms. The largest absolute Gasteiger partial charge is 0.382 e. The summed E-state index contributed by atoms with van der Waals surface area (Å²) in [6.45, 7) is 3.61. The number of nitrogens with zero attached hydrogens (tertiary/aromatic N) is 1. The van der Waals surface area contributed by atoms with Gasteiger partial charge in [0.2, 0.25) is 0 Å². The van der Waals surface area contributed by atoms with Crippen molar-refractivity contribution in [3.05, 3.63) is 63.1 Å². The summed E-state index contributed by atoms with van der Waals surface area (Å²) >= 11 is 3.31. The number of halogens is 2. The van der Waals surface area contributed by atoms with Gasteiger partial charge in [0, 0.05) is 16.2 Å². The van der Waals surface area contributed by atoms with Crippen molar-refractivity contribution in [2.24, 2.45) is 0 Å². The molecule has 1 aromatic carbocycles. The van der Waals surface area contributed by atoms with Crippen LogP contribution in [0, 0.1) is 19.7 Å². The van der Waals surface area contributed by atoms with Gasteiger partial charge < -0.3 is 5.11 Å². The first-order valence-corrected chi connectivity index (χ1v) is 6.35. The third-order valence-electron chi connectivity index (χ3n) is 2.80. The molecule has 0 amide bonds. The zero-order valence-electron chi connectivity index (χ0n) is 10.1. The fraction of sp³-hybridized carbons (Fsp3) is 0.214. The summed E-state index contributed by atoms with van der Waals surface area (Å²) in [5.74, 6) is -0.405. The van der Waals surface area contributed by atoms with Crippen molar-refractivity contribution < 1.29 is 9.50 Å². The Labute approximate surface area is 114 Å². The van der Waals surface area contributed by atoms with Crippen LogP contribution in [0.3, 0.4) is 0 Å². The molecule has 18 heavy (non-hydrogen) atoms. The van der Waals surface area contributed by atoms with Crippen molar-refractivity contribution in [1.29, 1.82) is 0 Å². The average molecular weight is 310 g/mol. The Morgan fingerprint density at radius 2 is 2.06 bits per heavy atom. The maximum atomic E-state index is 14.0. The van der Waals surface area contributed by atoms with Crippen LogP contribution in [-0.4, -0.2) is 10.1 Å². The van der Waals surface area contributed by atoms with E-state index < -0.39 is 11.9 Å². The molecule has 2 nitrogen and oxygen atoms in total. The number of aliphatic hydroxyl groups excluding tert-OH is 1. The fourth-order valence-corrected chi connectivity index (χ4v) is 2.48. The standard InChI is InChI=1S/C14H13BrFNO/c1-8-6-9(2)12(11(16)7-8)14(18)13-10(15)4-3-5-17-13/h3-7,14,18H,1-2H3. The molecule has 1 heterocycles. The van der Waals surface area contributed by atoms with E-state index in [0.29, 0.717) is 10.2 Å². The van der Waals surface area contributed by atoms with Gasteiger partial charge in [-0.25, -0.2) is 4.39 Å². The van der Waals surface area contributed by atoms with Crippen LogP contribution in [0.2, 0.25) is 0 Å². The summed E-state index contributed by atoms with van der Waals surface area (Å²) in [5, 5.41) is 10.3. The Kier molecular flexibility index (Phi) is 3.78. The molecule has 0 saturated heterocycles. The van der Waals surface area contributed by atoms with Gasteiger partial charge in [0.05, 0.1) is 5.69 Å². The van der Waals surface area contributed by atoms with Crippen molar-refractivity contribution in [2.45, 2.75) is 20.0 Å². The molecule has 1 N–H and O–H groups in total. The minimum atomic E-state index is -1.07. The van der Waals surface area contributed by atoms with Crippen LogP contribution >= 0.6 is 15.9 Å². The predicted octanol–water partition coefficient (Wildman–Crippen LogP) is 3.68. The molecule has 2 rings (SSSR count). The highest BCUT2D eigenvalue weighted by atomic mass is 79.9. The van der Waals surface area contributed by atoms with E-state index in [1.54, 1.807) is 25.3 Å². The molecule has 0 fully saturated rings. The highest BCUT2D eigenvalue weighted by Crippen LogP contribution is 2.30. The number of rotatable bonds is 2. The van der Waals surface area contributed by atoms with E-state index in [2.05, 4.69) is 20.9 Å². The van der Waals surface area contributed by atoms with Crippen LogP contribution in [0.5, 0.6) is 0 Å². The Morgan fingerprint density at radius 3 is 2.67 bits per heavy atom. The third kappa shape index (κ3) is 2.44. The molecule has 0 aliphatic carbocycles. The molecule has 94 valence electrons. The number of benzene rings is 1. The third-order valence-corrected chi connectivity index (χ3v) is 3.47. The molecule has 0 aliphatic rings. The molecule has 2 aromatic rings. The van der Waals surface area contributed by atoms with E-state index >= 15 is 0 Å². The Balaban J connectivity index is 2.53. The zero-order chi connectivity index (χ0) is 13.3. The van der Waals surface area contributed by atoms with Gasteiger partial charge in [0.15, 0.2) is 0 Å². The van der Waals surface area contributed by atoms with E-state index in [9.17, 15) is 9.50 Å². The van der Waals surface area contributed by atoms with E-state index in [1.165, 1.54) is 6.07 Å². The molecular weight excluding hydrogens is 297 g/mol. The lowest BCUT2D eigenvalue weighted by molar-refractivity contribution is 0.208. The van der Waals surface area contributed by atoms with E-state index in [1.807, 2.05) is 13.0 Å². The van der Waals surface area contributed by atoms with Crippen LogP contribution in [0.1, 0.15) is 28.5 Å². The second-order valence-electron chi connectivity index (χ2n) is 4.25. The first kappa shape index (κ1) is 13.2. The topological polar surface area (TPSA) is 33.1 Å². The summed E-state index contributed by atoms with van der Waals surface area (Å²) < 4.78 is 14.6. The van der Waals surface area contributed by atoms with Gasteiger partial charge in [0.1, 0.15) is 11.9 Å². The van der Waals surface area contributed by atoms with Gasteiger partial charge in [-0.3, -0.25) is 4.98 Å². The predicted molar refractivity (Wildman–Crippen MR) is 71.9 cm³/mol. The second-order valence-corrected chi connectivity index (χ2v) is 5.10. The minimum Gasteiger partial charge on any atom is -0.382 e. The molecule has 0 saturated carbocycles. The first-order chi connectivity index (χ1) is 8.50. The van der Waals surface area contributed by atoms with Crippen LogP contribution in [0.25, 0.3) is 0 Å². The molecule has 0 bridgehead atoms. The maximum Gasteiger partial charge on any atom is 0.129 e. The molecule has 1 aromatic heterocycles. The quantitative estimate of drug-likeness (QED) is 0.918. The van der Waals surface area contributed by atoms with Crippen LogP contribution in [0.15, 0.2) is 34.9 Å². The smallest absolute Gasteiger partial charge is 0.129 e. The lowest BCUT2D eigenvalue weighted by Crippen LogP contribution is -2.08. The SMILES string of the molecule is Cc1cc(C)c(C(O)c2ncccc2Br)c(F)c1. The molecule has 0 aliphatic heterocycles. The Morgan fingerprint density at radius 1 is 1.33 bits per heavy atom. The maximum absolute atomic E-state index is 14.0. The Hall–Kier alpha value is -1.26. The van der Waals surface area contributed by atoms with Crippen molar-refractivity contribution >= 4 is 15.9 Å². The molecular formula is C14H13BrFNO. The van der Waals surface area contributed by atoms with Gasteiger partial charge in [0.25, 0.3) is 0 Å². The van der Waals surface area contributed by atoms with E-state index in [-0.39, 0.29) is 5.56 Å². The van der Waals surface area contributed by atoms with Gasteiger partial charge in [-0.05, 0) is 59.1 Å². The molecule has 1 atom stereocenters. The van der Waals surface area contributed by atoms with E-state index in [0.717, 1.165) is 11.1 Å². The zero-order valence-corrected chi connectivity index (χ0v) is 11.7. The van der Waals surface area contributed by atoms with Crippen molar-refractivity contribution in [2.75, 3.05) is 0 Å². The number of aromatic nitrogens is 1. The van der Waals surface area contributed by atoms with Crippen LogP contribution in [-0.2, 0) is 0 Å². The highest BCUT2D eigenvalue weighted by Gasteiger charge is 2.20. The van der Waals surface area contributed by atoms with Crippen LogP contribution in [0.4, 0.5) is 4.39 Å². The van der Waals surface area contributed by atoms with Gasteiger partial charge in [-0.15, -0.1) is 0 Å².